The first-order valence-corrected chi connectivity index (χ1v) is 9.49. The summed E-state index contributed by atoms with van der Waals surface area (Å²) < 4.78 is 12.5. The highest BCUT2D eigenvalue weighted by Crippen LogP contribution is 2.22. The summed E-state index contributed by atoms with van der Waals surface area (Å²) in [7, 11) is 0. The summed E-state index contributed by atoms with van der Waals surface area (Å²) in [5.41, 5.74) is 2.73. The van der Waals surface area contributed by atoms with Crippen molar-refractivity contribution in [3.8, 4) is 6.07 Å². The van der Waals surface area contributed by atoms with Gasteiger partial charge in [0.15, 0.2) is 18.3 Å². The van der Waals surface area contributed by atoms with E-state index in [9.17, 15) is 14.9 Å². The molecule has 0 aliphatic heterocycles. The number of esters is 1. The summed E-state index contributed by atoms with van der Waals surface area (Å²) in [6, 6.07) is 7.32. The van der Waals surface area contributed by atoms with Gasteiger partial charge >= 0.3 is 5.97 Å². The third-order valence-electron chi connectivity index (χ3n) is 4.37. The smallest absolute Gasteiger partial charge is 0.340 e. The maximum atomic E-state index is 12.5. The first-order valence-electron chi connectivity index (χ1n) is 8.61. The average molecular weight is 397 g/mol. The van der Waals surface area contributed by atoms with Gasteiger partial charge in [-0.25, -0.2) is 9.78 Å². The molecule has 0 spiro atoms. The lowest BCUT2D eigenvalue weighted by Crippen LogP contribution is -2.20. The highest BCUT2D eigenvalue weighted by Gasteiger charge is 2.25. The van der Waals surface area contributed by atoms with Crippen LogP contribution in [0.1, 0.15) is 44.1 Å². The molecule has 0 aliphatic carbocycles. The average Bonchev–Trinajstić information content (AvgIpc) is 3.39. The second-order valence-electron chi connectivity index (χ2n) is 6.38. The molecule has 7 nitrogen and oxygen atoms in total. The van der Waals surface area contributed by atoms with Crippen LogP contribution in [0.25, 0.3) is 0 Å². The molecule has 0 fully saturated rings. The van der Waals surface area contributed by atoms with Crippen LogP contribution in [0.3, 0.4) is 0 Å². The first kappa shape index (κ1) is 19.6. The maximum Gasteiger partial charge on any atom is 0.340 e. The zero-order valence-corrected chi connectivity index (χ0v) is 16.6. The van der Waals surface area contributed by atoms with Crippen LogP contribution < -0.4 is 0 Å². The highest BCUT2D eigenvalue weighted by molar-refractivity contribution is 7.09. The predicted octanol–water partition coefficient (Wildman–Crippen LogP) is 3.54. The Morgan fingerprint density at radius 2 is 2.18 bits per heavy atom. The number of nitriles is 1. The van der Waals surface area contributed by atoms with Crippen molar-refractivity contribution in [1.82, 2.24) is 9.55 Å². The fourth-order valence-corrected chi connectivity index (χ4v) is 3.74. The quantitative estimate of drug-likeness (QED) is 0.566. The van der Waals surface area contributed by atoms with Crippen molar-refractivity contribution in [3.63, 3.8) is 0 Å². The van der Waals surface area contributed by atoms with Crippen molar-refractivity contribution in [2.75, 3.05) is 6.61 Å². The van der Waals surface area contributed by atoms with Gasteiger partial charge in [0.25, 0.3) is 0 Å². The normalized spacial score (nSPS) is 11.8. The van der Waals surface area contributed by atoms with Gasteiger partial charge in [0.2, 0.25) is 0 Å². The number of carbonyl (C=O) groups is 2. The number of ketones is 1. The Hall–Kier alpha value is -3.18. The molecule has 1 atom stereocenters. The Morgan fingerprint density at radius 3 is 2.79 bits per heavy atom. The molecule has 3 rings (SSSR count). The number of Topliss-reactive ketones (excluding diaryl/α,β-unsaturated/α-hetero) is 1. The number of aromatic nitrogens is 2. The SMILES string of the molecule is Cc1csc([C@H](C#N)C(=O)COC(=O)c2cc(C)n(Cc3ccco3)c2C)n1. The molecule has 144 valence electrons. The van der Waals surface area contributed by atoms with E-state index in [1.165, 1.54) is 11.3 Å². The molecule has 8 heteroatoms. The van der Waals surface area contributed by atoms with Crippen LogP contribution in [-0.4, -0.2) is 27.9 Å². The minimum Gasteiger partial charge on any atom is -0.467 e. The lowest BCUT2D eigenvalue weighted by Gasteiger charge is -2.09. The summed E-state index contributed by atoms with van der Waals surface area (Å²) in [4.78, 5) is 29.0. The number of hydrogen-bond acceptors (Lipinski definition) is 7. The lowest BCUT2D eigenvalue weighted by atomic mass is 10.1. The van der Waals surface area contributed by atoms with Crippen molar-refractivity contribution in [2.24, 2.45) is 0 Å². The number of carbonyl (C=O) groups excluding carboxylic acids is 2. The number of rotatable bonds is 7. The zero-order chi connectivity index (χ0) is 20.3. The van der Waals surface area contributed by atoms with E-state index in [0.29, 0.717) is 17.1 Å². The Bertz CT molecular complexity index is 1040. The first-order chi connectivity index (χ1) is 13.4. The van der Waals surface area contributed by atoms with Gasteiger partial charge < -0.3 is 13.7 Å². The fourth-order valence-electron chi connectivity index (χ4n) is 2.88. The molecule has 3 aromatic rings. The van der Waals surface area contributed by atoms with E-state index >= 15 is 0 Å². The molecule has 0 unspecified atom stereocenters. The Kier molecular flexibility index (Phi) is 5.76. The van der Waals surface area contributed by atoms with E-state index < -0.39 is 24.3 Å². The summed E-state index contributed by atoms with van der Waals surface area (Å²) >= 11 is 1.24. The second kappa shape index (κ2) is 8.23. The topological polar surface area (TPSA) is 98.1 Å². The van der Waals surface area contributed by atoms with E-state index in [4.69, 9.17) is 9.15 Å². The Morgan fingerprint density at radius 1 is 1.39 bits per heavy atom. The summed E-state index contributed by atoms with van der Waals surface area (Å²) in [6.07, 6.45) is 1.60. The third kappa shape index (κ3) is 4.05. The van der Waals surface area contributed by atoms with Crippen LogP contribution in [0.5, 0.6) is 0 Å². The molecule has 0 bridgehead atoms. The van der Waals surface area contributed by atoms with Crippen molar-refractivity contribution in [2.45, 2.75) is 33.2 Å². The standard InChI is InChI=1S/C20H19N3O4S/c1-12-11-28-19(22-12)17(8-21)18(24)10-27-20(25)16-7-13(2)23(14(16)3)9-15-5-4-6-26-15/h4-7,11,17H,9-10H2,1-3H3/t17-/m1/s1. The van der Waals surface area contributed by atoms with Crippen molar-refractivity contribution < 1.29 is 18.7 Å². The molecule has 0 amide bonds. The zero-order valence-electron chi connectivity index (χ0n) is 15.8. The van der Waals surface area contributed by atoms with Crippen molar-refractivity contribution in [3.05, 3.63) is 63.3 Å². The van der Waals surface area contributed by atoms with Crippen LogP contribution in [0.15, 0.2) is 34.3 Å². The number of ether oxygens (including phenoxy) is 1. The number of hydrogen-bond donors (Lipinski definition) is 0. The third-order valence-corrected chi connectivity index (χ3v) is 5.40. The number of aryl methyl sites for hydroxylation is 2. The summed E-state index contributed by atoms with van der Waals surface area (Å²) in [5, 5.41) is 11.5. The van der Waals surface area contributed by atoms with Crippen LogP contribution in [0.4, 0.5) is 0 Å². The van der Waals surface area contributed by atoms with Gasteiger partial charge in [0.05, 0.1) is 24.4 Å². The van der Waals surface area contributed by atoms with E-state index in [1.54, 1.807) is 30.7 Å². The second-order valence-corrected chi connectivity index (χ2v) is 7.27. The van der Waals surface area contributed by atoms with Gasteiger partial charge in [-0.2, -0.15) is 5.26 Å². The molecule has 3 heterocycles. The number of thiazole rings is 1. The fraction of sp³-hybridized carbons (Fsp3) is 0.300. The molecule has 28 heavy (non-hydrogen) atoms. The number of furan rings is 1. The van der Waals surface area contributed by atoms with Crippen LogP contribution >= 0.6 is 11.3 Å². The molecule has 0 radical (unpaired) electrons. The van der Waals surface area contributed by atoms with Gasteiger partial charge in [0.1, 0.15) is 10.8 Å². The van der Waals surface area contributed by atoms with Crippen LogP contribution in [0, 0.1) is 32.1 Å². The summed E-state index contributed by atoms with van der Waals surface area (Å²) in [6.45, 7) is 5.50. The molecule has 0 aromatic carbocycles. The van der Waals surface area contributed by atoms with Gasteiger partial charge in [-0.15, -0.1) is 11.3 Å². The van der Waals surface area contributed by atoms with Gasteiger partial charge in [0, 0.05) is 22.5 Å². The highest BCUT2D eigenvalue weighted by atomic mass is 32.1. The van der Waals surface area contributed by atoms with Gasteiger partial charge in [-0.3, -0.25) is 4.79 Å². The minimum absolute atomic E-state index is 0.385. The monoisotopic (exact) mass is 397 g/mol. The van der Waals surface area contributed by atoms with Gasteiger partial charge in [-0.1, -0.05) is 0 Å². The Balaban J connectivity index is 1.68. The van der Waals surface area contributed by atoms with E-state index in [-0.39, 0.29) is 0 Å². The molecule has 0 saturated carbocycles. The molecule has 0 aliphatic rings. The minimum atomic E-state index is -1.03. The van der Waals surface area contributed by atoms with Crippen molar-refractivity contribution in [1.29, 1.82) is 5.26 Å². The van der Waals surface area contributed by atoms with E-state index in [1.807, 2.05) is 30.6 Å². The van der Waals surface area contributed by atoms with E-state index in [0.717, 1.165) is 22.8 Å². The molecular weight excluding hydrogens is 378 g/mol. The van der Waals surface area contributed by atoms with Gasteiger partial charge in [-0.05, 0) is 39.0 Å². The largest absolute Gasteiger partial charge is 0.467 e. The number of nitrogens with zero attached hydrogens (tertiary/aromatic N) is 3. The predicted molar refractivity (Wildman–Crippen MR) is 102 cm³/mol. The Labute approximate surface area is 166 Å². The molecule has 0 N–H and O–H groups in total. The van der Waals surface area contributed by atoms with Crippen LogP contribution in [-0.2, 0) is 16.1 Å². The lowest BCUT2D eigenvalue weighted by molar-refractivity contribution is -0.122. The molecule has 0 saturated heterocycles. The maximum absolute atomic E-state index is 12.5. The van der Waals surface area contributed by atoms with Crippen LogP contribution in [0.2, 0.25) is 0 Å². The summed E-state index contributed by atoms with van der Waals surface area (Å²) in [5.74, 6) is -1.35. The van der Waals surface area contributed by atoms with E-state index in [2.05, 4.69) is 4.98 Å². The molecule has 3 aromatic heterocycles. The van der Waals surface area contributed by atoms with Crippen molar-refractivity contribution >= 4 is 23.1 Å². The molecular formula is C20H19N3O4S.